The predicted octanol–water partition coefficient (Wildman–Crippen LogP) is 0.497. The van der Waals surface area contributed by atoms with E-state index in [1.54, 1.807) is 0 Å². The minimum Gasteiger partial charge on any atom is -0.397 e. The molecule has 7 heteroatoms. The lowest BCUT2D eigenvalue weighted by atomic mass is 9.89. The van der Waals surface area contributed by atoms with Crippen LogP contribution in [0.3, 0.4) is 0 Å². The monoisotopic (exact) mass is 239 g/mol. The molecule has 0 unspecified atom stereocenters. The summed E-state index contributed by atoms with van der Waals surface area (Å²) >= 11 is 0. The molecule has 2 N–H and O–H groups in total. The second-order valence-electron chi connectivity index (χ2n) is 5.05. The summed E-state index contributed by atoms with van der Waals surface area (Å²) in [7, 11) is -0.720. The first kappa shape index (κ1) is 12.3. The average Bonchev–Trinajstić information content (AvgIpc) is 2.41. The maximum atomic E-state index is 13.0. The zero-order valence-electron chi connectivity index (χ0n) is 10.3. The van der Waals surface area contributed by atoms with Gasteiger partial charge in [0, 0.05) is 0 Å². The number of nitrogen functional groups attached to an aromatic ring is 1. The van der Waals surface area contributed by atoms with Gasteiger partial charge in [0.05, 0.1) is 17.4 Å². The van der Waals surface area contributed by atoms with E-state index in [2.05, 4.69) is 9.97 Å². The molecule has 2 rings (SSSR count). The minimum absolute atomic E-state index is 0.204. The van der Waals surface area contributed by atoms with Gasteiger partial charge in [-0.1, -0.05) is 0 Å². The van der Waals surface area contributed by atoms with E-state index in [1.165, 1.54) is 0 Å². The molecule has 0 atom stereocenters. The third-order valence-corrected chi connectivity index (χ3v) is 3.25. The number of hydrogen-bond donors (Lipinski definition) is 1. The Morgan fingerprint density at radius 2 is 1.76 bits per heavy atom. The maximum absolute atomic E-state index is 13.0. The van der Waals surface area contributed by atoms with Crippen LogP contribution < -0.4 is 11.5 Å². The highest BCUT2D eigenvalue weighted by molar-refractivity contribution is 6.60. The van der Waals surface area contributed by atoms with Crippen LogP contribution in [-0.2, 0) is 9.31 Å². The number of anilines is 1. The summed E-state index contributed by atoms with van der Waals surface area (Å²) in [4.78, 5) is 7.66. The molecule has 1 aliphatic heterocycles. The highest BCUT2D eigenvalue weighted by Gasteiger charge is 2.53. The van der Waals surface area contributed by atoms with Gasteiger partial charge in [0.15, 0.2) is 17.4 Å². The fourth-order valence-corrected chi connectivity index (χ4v) is 1.46. The van der Waals surface area contributed by atoms with E-state index in [1.807, 2.05) is 27.7 Å². The Bertz CT molecular complexity index is 437. The van der Waals surface area contributed by atoms with Crippen molar-refractivity contribution < 1.29 is 13.7 Å². The van der Waals surface area contributed by atoms with Crippen molar-refractivity contribution >= 4 is 18.7 Å². The van der Waals surface area contributed by atoms with E-state index >= 15 is 0 Å². The lowest BCUT2D eigenvalue weighted by molar-refractivity contribution is 0.00578. The number of hydrogen-bond acceptors (Lipinski definition) is 5. The van der Waals surface area contributed by atoms with Gasteiger partial charge in [-0.05, 0) is 27.7 Å². The van der Waals surface area contributed by atoms with Crippen LogP contribution in [0.5, 0.6) is 0 Å². The first-order valence-corrected chi connectivity index (χ1v) is 5.36. The fraction of sp³-hybridized carbons (Fsp3) is 0.600. The number of rotatable bonds is 1. The largest absolute Gasteiger partial charge is 0.534 e. The molecular weight excluding hydrogens is 224 g/mol. The van der Waals surface area contributed by atoms with Gasteiger partial charge < -0.3 is 15.0 Å². The summed E-state index contributed by atoms with van der Waals surface area (Å²) in [5, 5.41) is 0. The molecule has 5 nitrogen and oxygen atoms in total. The predicted molar refractivity (Wildman–Crippen MR) is 62.1 cm³/mol. The van der Waals surface area contributed by atoms with Crippen LogP contribution in [0.25, 0.3) is 0 Å². The Morgan fingerprint density at radius 1 is 1.24 bits per heavy atom. The molecule has 0 aromatic carbocycles. The molecule has 1 aromatic heterocycles. The van der Waals surface area contributed by atoms with Crippen molar-refractivity contribution in [1.29, 1.82) is 0 Å². The SMILES string of the molecule is CC1(C)OB(c2ncc(F)c(N)n2)OC1(C)C. The van der Waals surface area contributed by atoms with Crippen LogP contribution >= 0.6 is 0 Å². The Hall–Kier alpha value is -1.21. The number of nitrogens with zero attached hydrogens (tertiary/aromatic N) is 2. The van der Waals surface area contributed by atoms with E-state index in [9.17, 15) is 4.39 Å². The molecule has 2 heterocycles. The topological polar surface area (TPSA) is 70.3 Å². The van der Waals surface area contributed by atoms with Gasteiger partial charge in [0.2, 0.25) is 0 Å². The van der Waals surface area contributed by atoms with E-state index < -0.39 is 24.1 Å². The Balaban J connectivity index is 2.29. The quantitative estimate of drug-likeness (QED) is 0.722. The van der Waals surface area contributed by atoms with Crippen molar-refractivity contribution in [2.45, 2.75) is 38.9 Å². The van der Waals surface area contributed by atoms with Crippen LogP contribution in [-0.4, -0.2) is 28.3 Å². The van der Waals surface area contributed by atoms with Gasteiger partial charge in [-0.2, -0.15) is 0 Å². The molecule has 0 radical (unpaired) electrons. The first-order chi connectivity index (χ1) is 7.73. The van der Waals surface area contributed by atoms with Crippen LogP contribution in [0, 0.1) is 5.82 Å². The molecule has 0 bridgehead atoms. The fourth-order valence-electron chi connectivity index (χ4n) is 1.46. The minimum atomic E-state index is -0.720. The van der Waals surface area contributed by atoms with Crippen LogP contribution in [0.1, 0.15) is 27.7 Å². The summed E-state index contributed by atoms with van der Waals surface area (Å²) in [5.74, 6) is -0.852. The lowest BCUT2D eigenvalue weighted by Crippen LogP contribution is -2.41. The normalized spacial score (nSPS) is 21.8. The van der Waals surface area contributed by atoms with E-state index in [0.717, 1.165) is 6.20 Å². The highest BCUT2D eigenvalue weighted by Crippen LogP contribution is 2.36. The summed E-state index contributed by atoms with van der Waals surface area (Å²) in [6.07, 6.45) is 1.02. The van der Waals surface area contributed by atoms with Crippen LogP contribution in [0.4, 0.5) is 10.2 Å². The molecular formula is C10H15BFN3O2. The standard InChI is InChI=1S/C10H15BFN3O2/c1-9(2)10(3,4)17-11(16-9)8-14-5-6(12)7(13)15-8/h5H,1-4H3,(H2,13,14,15). The summed E-state index contributed by atoms with van der Waals surface area (Å²) in [5.41, 5.74) is 4.66. The van der Waals surface area contributed by atoms with E-state index in [0.29, 0.717) is 0 Å². The first-order valence-electron chi connectivity index (χ1n) is 5.36. The number of nitrogens with two attached hydrogens (primary N) is 1. The van der Waals surface area contributed by atoms with Crippen molar-refractivity contribution in [2.24, 2.45) is 0 Å². The van der Waals surface area contributed by atoms with E-state index in [4.69, 9.17) is 15.0 Å². The van der Waals surface area contributed by atoms with Crippen LogP contribution in [0.15, 0.2) is 6.20 Å². The van der Waals surface area contributed by atoms with Crippen molar-refractivity contribution in [3.63, 3.8) is 0 Å². The number of halogens is 1. The van der Waals surface area contributed by atoms with Gasteiger partial charge in [-0.3, -0.25) is 0 Å². The molecule has 1 fully saturated rings. The molecule has 0 saturated carbocycles. The molecule has 0 aliphatic carbocycles. The van der Waals surface area contributed by atoms with Gasteiger partial charge in [-0.25, -0.2) is 14.4 Å². The number of aromatic nitrogens is 2. The molecule has 17 heavy (non-hydrogen) atoms. The van der Waals surface area contributed by atoms with E-state index in [-0.39, 0.29) is 11.5 Å². The summed E-state index contributed by atoms with van der Waals surface area (Å²) < 4.78 is 24.4. The average molecular weight is 239 g/mol. The second-order valence-corrected chi connectivity index (χ2v) is 5.05. The van der Waals surface area contributed by atoms with Crippen LogP contribution in [0.2, 0.25) is 0 Å². The second kappa shape index (κ2) is 3.64. The van der Waals surface area contributed by atoms with Gasteiger partial charge in [0.25, 0.3) is 0 Å². The summed E-state index contributed by atoms with van der Waals surface area (Å²) in [6, 6.07) is 0. The molecule has 1 aliphatic rings. The Kier molecular flexibility index (Phi) is 2.63. The third kappa shape index (κ3) is 2.00. The Labute approximate surface area is 99.7 Å². The Morgan fingerprint density at radius 3 is 2.24 bits per heavy atom. The van der Waals surface area contributed by atoms with Gasteiger partial charge >= 0.3 is 7.12 Å². The van der Waals surface area contributed by atoms with Gasteiger partial charge in [0.1, 0.15) is 0 Å². The molecule has 92 valence electrons. The smallest absolute Gasteiger partial charge is 0.397 e. The third-order valence-electron chi connectivity index (χ3n) is 3.25. The molecule has 1 saturated heterocycles. The van der Waals surface area contributed by atoms with Crippen molar-refractivity contribution in [1.82, 2.24) is 9.97 Å². The lowest BCUT2D eigenvalue weighted by Gasteiger charge is -2.32. The molecule has 1 aromatic rings. The van der Waals surface area contributed by atoms with Crippen molar-refractivity contribution in [3.8, 4) is 0 Å². The molecule has 0 amide bonds. The van der Waals surface area contributed by atoms with Crippen molar-refractivity contribution in [3.05, 3.63) is 12.0 Å². The highest BCUT2D eigenvalue weighted by atomic mass is 19.1. The zero-order valence-corrected chi connectivity index (χ0v) is 10.3. The maximum Gasteiger partial charge on any atom is 0.534 e. The molecule has 0 spiro atoms. The zero-order chi connectivity index (χ0) is 12.8. The van der Waals surface area contributed by atoms with Gasteiger partial charge in [-0.15, -0.1) is 0 Å². The summed E-state index contributed by atoms with van der Waals surface area (Å²) in [6.45, 7) is 7.67. The van der Waals surface area contributed by atoms with Crippen molar-refractivity contribution in [2.75, 3.05) is 5.73 Å².